The normalized spacial score (nSPS) is 27.6. The number of hydrogen-bond donors (Lipinski definition) is 3. The van der Waals surface area contributed by atoms with E-state index in [0.29, 0.717) is 32.5 Å². The lowest BCUT2D eigenvalue weighted by Gasteiger charge is -2.23. The van der Waals surface area contributed by atoms with Crippen LogP contribution in [0.5, 0.6) is 0 Å². The SMILES string of the molecule is O=C(NCCc1cn[nH]c1)N1C[C@@H]2CCC[C@@]2(C(=O)O)C1. The van der Waals surface area contributed by atoms with E-state index < -0.39 is 11.4 Å². The highest BCUT2D eigenvalue weighted by molar-refractivity contribution is 5.80. The number of rotatable bonds is 4. The van der Waals surface area contributed by atoms with Crippen LogP contribution in [0.4, 0.5) is 4.79 Å². The Morgan fingerprint density at radius 3 is 3.10 bits per heavy atom. The Morgan fingerprint density at radius 1 is 1.57 bits per heavy atom. The van der Waals surface area contributed by atoms with Gasteiger partial charge in [0, 0.05) is 25.8 Å². The number of carbonyl (C=O) groups excluding carboxylic acids is 1. The van der Waals surface area contributed by atoms with Crippen molar-refractivity contribution in [2.75, 3.05) is 19.6 Å². The van der Waals surface area contributed by atoms with Gasteiger partial charge in [-0.05, 0) is 30.7 Å². The van der Waals surface area contributed by atoms with E-state index in [1.54, 1.807) is 17.3 Å². The number of aliphatic carboxylic acids is 1. The third kappa shape index (κ3) is 2.48. The lowest BCUT2D eigenvalue weighted by Crippen LogP contribution is -2.42. The Balaban J connectivity index is 1.53. The molecule has 7 nitrogen and oxygen atoms in total. The number of carbonyl (C=O) groups is 2. The number of nitrogens with zero attached hydrogens (tertiary/aromatic N) is 2. The molecule has 1 aliphatic carbocycles. The van der Waals surface area contributed by atoms with E-state index in [0.717, 1.165) is 18.4 Å². The molecule has 0 unspecified atom stereocenters. The zero-order chi connectivity index (χ0) is 14.9. The molecule has 114 valence electrons. The molecule has 1 aromatic heterocycles. The molecular formula is C14H20N4O3. The van der Waals surface area contributed by atoms with Gasteiger partial charge >= 0.3 is 12.0 Å². The average Bonchev–Trinajstić information content (AvgIpc) is 3.13. The van der Waals surface area contributed by atoms with Crippen molar-refractivity contribution in [3.8, 4) is 0 Å². The van der Waals surface area contributed by atoms with Gasteiger partial charge < -0.3 is 15.3 Å². The number of carboxylic acid groups (broad SMARTS) is 1. The Hall–Kier alpha value is -2.05. The molecule has 2 atom stereocenters. The number of amides is 2. The largest absolute Gasteiger partial charge is 0.481 e. The minimum absolute atomic E-state index is 0.106. The molecule has 0 radical (unpaired) electrons. The number of hydrogen-bond acceptors (Lipinski definition) is 3. The zero-order valence-electron chi connectivity index (χ0n) is 11.8. The maximum atomic E-state index is 12.2. The molecule has 0 aromatic carbocycles. The van der Waals surface area contributed by atoms with Crippen molar-refractivity contribution in [2.24, 2.45) is 11.3 Å². The van der Waals surface area contributed by atoms with E-state index in [9.17, 15) is 14.7 Å². The third-order valence-corrected chi connectivity index (χ3v) is 4.83. The summed E-state index contributed by atoms with van der Waals surface area (Å²) >= 11 is 0. The summed E-state index contributed by atoms with van der Waals surface area (Å²) < 4.78 is 0. The second kappa shape index (κ2) is 5.38. The number of urea groups is 1. The molecule has 21 heavy (non-hydrogen) atoms. The molecule has 3 N–H and O–H groups in total. The van der Waals surface area contributed by atoms with E-state index in [-0.39, 0.29) is 11.9 Å². The fraction of sp³-hybridized carbons (Fsp3) is 0.643. The maximum absolute atomic E-state index is 12.2. The second-order valence-corrected chi connectivity index (χ2v) is 6.02. The van der Waals surface area contributed by atoms with Gasteiger partial charge in [0.15, 0.2) is 0 Å². The molecule has 1 aliphatic heterocycles. The van der Waals surface area contributed by atoms with Crippen LogP contribution in [0.1, 0.15) is 24.8 Å². The van der Waals surface area contributed by atoms with E-state index >= 15 is 0 Å². The third-order valence-electron chi connectivity index (χ3n) is 4.83. The van der Waals surface area contributed by atoms with Gasteiger partial charge in [0.2, 0.25) is 0 Å². The van der Waals surface area contributed by atoms with Gasteiger partial charge in [0.05, 0.1) is 11.6 Å². The van der Waals surface area contributed by atoms with Crippen LogP contribution < -0.4 is 5.32 Å². The highest BCUT2D eigenvalue weighted by Crippen LogP contribution is 2.48. The average molecular weight is 292 g/mol. The number of fused-ring (bicyclic) bond motifs is 1. The quantitative estimate of drug-likeness (QED) is 0.766. The van der Waals surface area contributed by atoms with Crippen molar-refractivity contribution >= 4 is 12.0 Å². The van der Waals surface area contributed by atoms with Crippen LogP contribution in [0.2, 0.25) is 0 Å². The molecule has 7 heteroatoms. The van der Waals surface area contributed by atoms with E-state index in [2.05, 4.69) is 15.5 Å². The van der Waals surface area contributed by atoms with Gasteiger partial charge in [-0.25, -0.2) is 4.79 Å². The predicted molar refractivity (Wildman–Crippen MR) is 74.7 cm³/mol. The zero-order valence-corrected chi connectivity index (χ0v) is 11.8. The lowest BCUT2D eigenvalue weighted by molar-refractivity contribution is -0.149. The molecule has 0 spiro atoms. The van der Waals surface area contributed by atoms with Gasteiger partial charge in [-0.3, -0.25) is 9.89 Å². The second-order valence-electron chi connectivity index (χ2n) is 6.02. The molecule has 1 saturated carbocycles. The summed E-state index contributed by atoms with van der Waals surface area (Å²) in [5, 5.41) is 18.9. The summed E-state index contributed by atoms with van der Waals surface area (Å²) in [7, 11) is 0. The summed E-state index contributed by atoms with van der Waals surface area (Å²) in [5.41, 5.74) is 0.331. The molecule has 1 saturated heterocycles. The van der Waals surface area contributed by atoms with Crippen molar-refractivity contribution in [3.63, 3.8) is 0 Å². The Bertz CT molecular complexity index is 530. The monoisotopic (exact) mass is 292 g/mol. The summed E-state index contributed by atoms with van der Waals surface area (Å²) in [6.07, 6.45) is 6.78. The molecule has 2 fully saturated rings. The molecular weight excluding hydrogens is 272 g/mol. The predicted octanol–water partition coefficient (Wildman–Crippen LogP) is 0.848. The fourth-order valence-corrected chi connectivity index (χ4v) is 3.63. The first-order chi connectivity index (χ1) is 10.1. The lowest BCUT2D eigenvalue weighted by atomic mass is 9.81. The first kappa shape index (κ1) is 13.9. The van der Waals surface area contributed by atoms with Crippen LogP contribution in [-0.4, -0.2) is 51.8 Å². The van der Waals surface area contributed by atoms with E-state index in [1.165, 1.54) is 0 Å². The molecule has 2 amide bonds. The van der Waals surface area contributed by atoms with Gasteiger partial charge in [-0.15, -0.1) is 0 Å². The summed E-state index contributed by atoms with van der Waals surface area (Å²) in [5.74, 6) is -0.645. The van der Waals surface area contributed by atoms with Crippen molar-refractivity contribution in [1.29, 1.82) is 0 Å². The number of aromatic amines is 1. The maximum Gasteiger partial charge on any atom is 0.317 e. The Labute approximate surface area is 122 Å². The highest BCUT2D eigenvalue weighted by atomic mass is 16.4. The van der Waals surface area contributed by atoms with Gasteiger partial charge in [-0.2, -0.15) is 5.10 Å². The van der Waals surface area contributed by atoms with Crippen LogP contribution >= 0.6 is 0 Å². The van der Waals surface area contributed by atoms with Crippen LogP contribution in [-0.2, 0) is 11.2 Å². The number of aromatic nitrogens is 2. The number of H-pyrrole nitrogens is 1. The topological polar surface area (TPSA) is 98.3 Å². The minimum Gasteiger partial charge on any atom is -0.481 e. The number of carboxylic acids is 1. The highest BCUT2D eigenvalue weighted by Gasteiger charge is 2.55. The van der Waals surface area contributed by atoms with Crippen LogP contribution in [0, 0.1) is 11.3 Å². The van der Waals surface area contributed by atoms with Gasteiger partial charge in [0.25, 0.3) is 0 Å². The molecule has 1 aromatic rings. The van der Waals surface area contributed by atoms with Crippen LogP contribution in [0.3, 0.4) is 0 Å². The van der Waals surface area contributed by atoms with Gasteiger partial charge in [0.1, 0.15) is 0 Å². The first-order valence-electron chi connectivity index (χ1n) is 7.36. The van der Waals surface area contributed by atoms with Crippen molar-refractivity contribution < 1.29 is 14.7 Å². The molecule has 0 bridgehead atoms. The first-order valence-corrected chi connectivity index (χ1v) is 7.36. The molecule has 2 heterocycles. The standard InChI is InChI=1S/C14H20N4O3/c19-12(20)14-4-1-2-11(14)8-18(9-14)13(21)15-5-3-10-6-16-17-7-10/h6-7,11H,1-5,8-9H2,(H,15,21)(H,16,17)(H,19,20)/t11-,14+/m0/s1. The Morgan fingerprint density at radius 2 is 2.43 bits per heavy atom. The van der Waals surface area contributed by atoms with Crippen LogP contribution in [0.25, 0.3) is 0 Å². The number of nitrogens with one attached hydrogen (secondary N) is 2. The summed E-state index contributed by atoms with van der Waals surface area (Å²) in [4.78, 5) is 25.4. The Kier molecular flexibility index (Phi) is 3.57. The molecule has 2 aliphatic rings. The minimum atomic E-state index is -0.751. The van der Waals surface area contributed by atoms with Crippen molar-refractivity contribution in [2.45, 2.75) is 25.7 Å². The van der Waals surface area contributed by atoms with E-state index in [4.69, 9.17) is 0 Å². The fourth-order valence-electron chi connectivity index (χ4n) is 3.63. The summed E-state index contributed by atoms with van der Waals surface area (Å²) in [6, 6.07) is -0.159. The molecule has 3 rings (SSSR count). The van der Waals surface area contributed by atoms with Gasteiger partial charge in [-0.1, -0.05) is 6.42 Å². The van der Waals surface area contributed by atoms with Crippen LogP contribution in [0.15, 0.2) is 12.4 Å². The van der Waals surface area contributed by atoms with E-state index in [1.807, 2.05) is 0 Å². The van der Waals surface area contributed by atoms with Crippen molar-refractivity contribution in [3.05, 3.63) is 18.0 Å². The smallest absolute Gasteiger partial charge is 0.317 e. The van der Waals surface area contributed by atoms with Crippen molar-refractivity contribution in [1.82, 2.24) is 20.4 Å². The number of likely N-dealkylation sites (tertiary alicyclic amines) is 1. The summed E-state index contributed by atoms with van der Waals surface area (Å²) in [6.45, 7) is 1.42.